The maximum Gasteiger partial charge on any atom is 0.156 e. The fourth-order valence-corrected chi connectivity index (χ4v) is 2.79. The molecule has 1 aliphatic rings. The van der Waals surface area contributed by atoms with Crippen LogP contribution in [0.25, 0.3) is 0 Å². The number of thioether (sulfide) groups is 1. The molecule has 0 saturated heterocycles. The van der Waals surface area contributed by atoms with Gasteiger partial charge in [-0.3, -0.25) is 9.67 Å². The summed E-state index contributed by atoms with van der Waals surface area (Å²) in [6, 6.07) is 0. The van der Waals surface area contributed by atoms with Gasteiger partial charge in [-0.2, -0.15) is 5.10 Å². The van der Waals surface area contributed by atoms with Gasteiger partial charge >= 0.3 is 0 Å². The minimum absolute atomic E-state index is 0.649. The highest BCUT2D eigenvalue weighted by Crippen LogP contribution is 2.25. The van der Waals surface area contributed by atoms with Crippen LogP contribution in [0.5, 0.6) is 0 Å². The van der Waals surface area contributed by atoms with Gasteiger partial charge in [0.15, 0.2) is 5.17 Å². The summed E-state index contributed by atoms with van der Waals surface area (Å²) in [7, 11) is 1.95. The molecule has 1 unspecified atom stereocenters. The first-order valence-electron chi connectivity index (χ1n) is 6.07. The highest BCUT2D eigenvalue weighted by molar-refractivity contribution is 8.14. The van der Waals surface area contributed by atoms with E-state index in [2.05, 4.69) is 35.5 Å². The summed E-state index contributed by atoms with van der Waals surface area (Å²) in [5.41, 5.74) is 1.27. The smallest absolute Gasteiger partial charge is 0.156 e. The van der Waals surface area contributed by atoms with Gasteiger partial charge in [0.1, 0.15) is 0 Å². The molecule has 0 amide bonds. The predicted molar refractivity (Wildman–Crippen MR) is 73.4 cm³/mol. The molecule has 17 heavy (non-hydrogen) atoms. The van der Waals surface area contributed by atoms with Crippen molar-refractivity contribution in [1.29, 1.82) is 0 Å². The van der Waals surface area contributed by atoms with Crippen LogP contribution < -0.4 is 5.32 Å². The SMILES string of the molecule is CC(C)C1CN=C(NCCc2cnn(C)c2)S1. The second-order valence-electron chi connectivity index (χ2n) is 4.75. The van der Waals surface area contributed by atoms with Crippen LogP contribution >= 0.6 is 11.8 Å². The van der Waals surface area contributed by atoms with E-state index in [9.17, 15) is 0 Å². The number of nitrogens with zero attached hydrogens (tertiary/aromatic N) is 3. The molecule has 1 N–H and O–H groups in total. The number of aromatic nitrogens is 2. The topological polar surface area (TPSA) is 42.2 Å². The lowest BCUT2D eigenvalue weighted by Gasteiger charge is -2.11. The van der Waals surface area contributed by atoms with Crippen LogP contribution in [0.1, 0.15) is 19.4 Å². The largest absolute Gasteiger partial charge is 0.365 e. The Bertz CT molecular complexity index is 397. The van der Waals surface area contributed by atoms with Crippen molar-refractivity contribution in [2.75, 3.05) is 13.1 Å². The van der Waals surface area contributed by atoms with Crippen molar-refractivity contribution in [2.24, 2.45) is 18.0 Å². The molecule has 0 fully saturated rings. The molecule has 0 spiro atoms. The molecule has 5 heteroatoms. The molecule has 1 atom stereocenters. The molecule has 0 aliphatic carbocycles. The van der Waals surface area contributed by atoms with Crippen molar-refractivity contribution in [3.8, 4) is 0 Å². The molecule has 0 aromatic carbocycles. The lowest BCUT2D eigenvalue weighted by atomic mass is 10.1. The van der Waals surface area contributed by atoms with Gasteiger partial charge in [0, 0.05) is 25.0 Å². The summed E-state index contributed by atoms with van der Waals surface area (Å²) in [5, 5.41) is 9.31. The van der Waals surface area contributed by atoms with Crippen LogP contribution in [0, 0.1) is 5.92 Å². The summed E-state index contributed by atoms with van der Waals surface area (Å²) < 4.78 is 1.84. The summed E-state index contributed by atoms with van der Waals surface area (Å²) >= 11 is 1.88. The van der Waals surface area contributed by atoms with E-state index in [1.54, 1.807) is 0 Å². The number of rotatable bonds is 4. The van der Waals surface area contributed by atoms with Crippen molar-refractivity contribution >= 4 is 16.9 Å². The van der Waals surface area contributed by atoms with Crippen LogP contribution in [0.4, 0.5) is 0 Å². The molecule has 0 radical (unpaired) electrons. The third kappa shape index (κ3) is 3.49. The van der Waals surface area contributed by atoms with E-state index in [1.807, 2.05) is 29.7 Å². The Kier molecular flexibility index (Phi) is 4.10. The molecule has 4 nitrogen and oxygen atoms in total. The van der Waals surface area contributed by atoms with E-state index in [0.29, 0.717) is 11.2 Å². The highest BCUT2D eigenvalue weighted by Gasteiger charge is 2.21. The maximum absolute atomic E-state index is 4.52. The predicted octanol–water partition coefficient (Wildman–Crippen LogP) is 1.68. The van der Waals surface area contributed by atoms with Crippen LogP contribution in [0.2, 0.25) is 0 Å². The Hall–Kier alpha value is -0.970. The lowest BCUT2D eigenvalue weighted by molar-refractivity contribution is 0.621. The first-order valence-corrected chi connectivity index (χ1v) is 6.95. The number of aryl methyl sites for hydroxylation is 1. The van der Waals surface area contributed by atoms with Gasteiger partial charge in [-0.25, -0.2) is 0 Å². The van der Waals surface area contributed by atoms with Gasteiger partial charge in [0.05, 0.1) is 12.7 Å². The summed E-state index contributed by atoms with van der Waals surface area (Å²) in [6.07, 6.45) is 4.98. The van der Waals surface area contributed by atoms with Crippen molar-refractivity contribution in [3.05, 3.63) is 18.0 Å². The Balaban J connectivity index is 1.70. The molecule has 2 heterocycles. The van der Waals surface area contributed by atoms with Crippen LogP contribution in [0.15, 0.2) is 17.4 Å². The first-order chi connectivity index (χ1) is 8.15. The number of nitrogens with one attached hydrogen (secondary N) is 1. The van der Waals surface area contributed by atoms with Crippen LogP contribution in [-0.2, 0) is 13.5 Å². The summed E-state index contributed by atoms with van der Waals surface area (Å²) in [5.74, 6) is 0.696. The fraction of sp³-hybridized carbons (Fsp3) is 0.667. The molecule has 0 bridgehead atoms. The van der Waals surface area contributed by atoms with E-state index in [0.717, 1.165) is 24.7 Å². The average molecular weight is 252 g/mol. The zero-order valence-corrected chi connectivity index (χ0v) is 11.5. The second-order valence-corrected chi connectivity index (χ2v) is 5.97. The third-order valence-electron chi connectivity index (χ3n) is 2.87. The minimum Gasteiger partial charge on any atom is -0.365 e. The van der Waals surface area contributed by atoms with Crippen LogP contribution in [0.3, 0.4) is 0 Å². The molecule has 2 rings (SSSR count). The summed E-state index contributed by atoms with van der Waals surface area (Å²) in [6.45, 7) is 6.40. The monoisotopic (exact) mass is 252 g/mol. The Morgan fingerprint density at radius 1 is 1.59 bits per heavy atom. The number of hydrogen-bond acceptors (Lipinski definition) is 4. The molecular formula is C12H20N4S. The zero-order chi connectivity index (χ0) is 12.3. The number of aliphatic imine (C=N–C) groups is 1. The van der Waals surface area contributed by atoms with Crippen molar-refractivity contribution < 1.29 is 0 Å². The fourth-order valence-electron chi connectivity index (χ4n) is 1.75. The van der Waals surface area contributed by atoms with E-state index in [4.69, 9.17) is 0 Å². The normalized spacial score (nSPS) is 19.8. The van der Waals surface area contributed by atoms with E-state index in [-0.39, 0.29) is 0 Å². The van der Waals surface area contributed by atoms with Gasteiger partial charge in [-0.15, -0.1) is 0 Å². The zero-order valence-electron chi connectivity index (χ0n) is 10.7. The quantitative estimate of drug-likeness (QED) is 0.886. The van der Waals surface area contributed by atoms with Gasteiger partial charge in [-0.1, -0.05) is 25.6 Å². The number of amidine groups is 1. The maximum atomic E-state index is 4.52. The van der Waals surface area contributed by atoms with Gasteiger partial charge < -0.3 is 5.32 Å². The average Bonchev–Trinajstić information content (AvgIpc) is 2.88. The Labute approximate surface area is 107 Å². The van der Waals surface area contributed by atoms with E-state index >= 15 is 0 Å². The van der Waals surface area contributed by atoms with Crippen molar-refractivity contribution in [2.45, 2.75) is 25.5 Å². The van der Waals surface area contributed by atoms with E-state index < -0.39 is 0 Å². The third-order valence-corrected chi connectivity index (χ3v) is 4.36. The van der Waals surface area contributed by atoms with Crippen LogP contribution in [-0.4, -0.2) is 33.3 Å². The molecule has 94 valence electrons. The molecule has 0 saturated carbocycles. The molecular weight excluding hydrogens is 232 g/mol. The summed E-state index contributed by atoms with van der Waals surface area (Å²) in [4.78, 5) is 4.52. The highest BCUT2D eigenvalue weighted by atomic mass is 32.2. The molecule has 1 aliphatic heterocycles. The first kappa shape index (κ1) is 12.5. The van der Waals surface area contributed by atoms with Gasteiger partial charge in [0.2, 0.25) is 0 Å². The van der Waals surface area contributed by atoms with E-state index in [1.165, 1.54) is 5.56 Å². The standard InChI is InChI=1S/C12H20N4S/c1-9(2)11-7-14-12(17-11)13-5-4-10-6-15-16(3)8-10/h6,8-9,11H,4-5,7H2,1-3H3,(H,13,14). The molecule has 1 aromatic rings. The number of hydrogen-bond donors (Lipinski definition) is 1. The van der Waals surface area contributed by atoms with Crippen molar-refractivity contribution in [3.63, 3.8) is 0 Å². The Morgan fingerprint density at radius 2 is 2.41 bits per heavy atom. The van der Waals surface area contributed by atoms with Gasteiger partial charge in [-0.05, 0) is 17.9 Å². The second kappa shape index (κ2) is 5.58. The van der Waals surface area contributed by atoms with Gasteiger partial charge in [0.25, 0.3) is 0 Å². The minimum atomic E-state index is 0.649. The Morgan fingerprint density at radius 3 is 3.00 bits per heavy atom. The lowest BCUT2D eigenvalue weighted by Crippen LogP contribution is -2.22. The van der Waals surface area contributed by atoms with Crippen molar-refractivity contribution in [1.82, 2.24) is 15.1 Å². The molecule has 1 aromatic heterocycles.